The van der Waals surface area contributed by atoms with E-state index in [4.69, 9.17) is 11.6 Å². The first-order chi connectivity index (χ1) is 18.8. The number of amides is 1. The van der Waals surface area contributed by atoms with Crippen LogP contribution in [0.15, 0.2) is 41.4 Å². The van der Waals surface area contributed by atoms with Crippen molar-refractivity contribution < 1.29 is 33.3 Å². The van der Waals surface area contributed by atoms with Crippen LogP contribution in [-0.4, -0.2) is 42.0 Å². The van der Waals surface area contributed by atoms with E-state index < -0.39 is 40.7 Å². The van der Waals surface area contributed by atoms with Crippen molar-refractivity contribution in [2.24, 2.45) is 11.8 Å². The number of hydrogen-bond acceptors (Lipinski definition) is 6. The molecule has 214 valence electrons. The summed E-state index contributed by atoms with van der Waals surface area (Å²) in [7, 11) is 0. The summed E-state index contributed by atoms with van der Waals surface area (Å²) in [4.78, 5) is 20.8. The van der Waals surface area contributed by atoms with Crippen LogP contribution in [-0.2, 0) is 5.60 Å². The van der Waals surface area contributed by atoms with E-state index in [-0.39, 0.29) is 28.3 Å². The molecular formula is C28H29ClF3N3O4S. The van der Waals surface area contributed by atoms with E-state index in [0.29, 0.717) is 46.4 Å². The zero-order valence-corrected chi connectivity index (χ0v) is 23.3. The molecule has 2 aliphatic rings. The molecule has 2 unspecified atom stereocenters. The largest absolute Gasteiger partial charge is 0.387 e. The van der Waals surface area contributed by atoms with E-state index in [1.807, 2.05) is 0 Å². The Bertz CT molecular complexity index is 1410. The lowest BCUT2D eigenvalue weighted by atomic mass is 9.74. The minimum atomic E-state index is -1.62. The van der Waals surface area contributed by atoms with Crippen molar-refractivity contribution >= 4 is 35.0 Å². The number of imidazole rings is 1. The number of anilines is 1. The van der Waals surface area contributed by atoms with Crippen LogP contribution in [0.5, 0.6) is 0 Å². The fourth-order valence-electron chi connectivity index (χ4n) is 5.79. The maximum absolute atomic E-state index is 13.6. The fourth-order valence-corrected chi connectivity index (χ4v) is 7.43. The first-order valence-corrected chi connectivity index (χ1v) is 14.1. The Morgan fingerprint density at radius 1 is 1.18 bits per heavy atom. The number of carbonyl (C=O) groups is 1. The highest BCUT2D eigenvalue weighted by atomic mass is 35.5. The number of aromatic nitrogens is 2. The van der Waals surface area contributed by atoms with Gasteiger partial charge in [0.25, 0.3) is 5.91 Å². The Balaban J connectivity index is 1.30. The molecule has 5 rings (SSSR count). The second-order valence-corrected chi connectivity index (χ2v) is 12.9. The Morgan fingerprint density at radius 3 is 2.40 bits per heavy atom. The second-order valence-electron chi connectivity index (χ2n) is 11.1. The zero-order chi connectivity index (χ0) is 29.0. The highest BCUT2D eigenvalue weighted by molar-refractivity contribution is 8.00. The number of rotatable bonds is 7. The molecule has 0 spiro atoms. The molecule has 5 atom stereocenters. The molecule has 1 aromatic heterocycles. The Labute approximate surface area is 238 Å². The van der Waals surface area contributed by atoms with E-state index >= 15 is 0 Å². The van der Waals surface area contributed by atoms with Gasteiger partial charge in [0.1, 0.15) is 17.5 Å². The number of fused-ring (bicyclic) bond motifs is 2. The van der Waals surface area contributed by atoms with Crippen molar-refractivity contribution in [3.05, 3.63) is 76.1 Å². The predicted octanol–water partition coefficient (Wildman–Crippen LogP) is 5.71. The molecule has 2 saturated carbocycles. The van der Waals surface area contributed by atoms with Crippen molar-refractivity contribution in [1.29, 1.82) is 0 Å². The summed E-state index contributed by atoms with van der Waals surface area (Å²) < 4.78 is 40.4. The van der Waals surface area contributed by atoms with Gasteiger partial charge in [-0.3, -0.25) is 4.79 Å². The molecule has 1 heterocycles. The molecule has 0 radical (unpaired) electrons. The Morgan fingerprint density at radius 2 is 1.80 bits per heavy atom. The van der Waals surface area contributed by atoms with Crippen LogP contribution < -0.4 is 5.32 Å². The third-order valence-electron chi connectivity index (χ3n) is 7.87. The van der Waals surface area contributed by atoms with Gasteiger partial charge in [0.15, 0.2) is 17.5 Å². The monoisotopic (exact) mass is 595 g/mol. The second kappa shape index (κ2) is 10.7. The fraction of sp³-hybridized carbons (Fsp3) is 0.429. The SMILES string of the molecule is CC(C)(O)C(O)c1cnc([C@@]2(O)C3CC[C@H]2C[C@H](Sc2cc(C(=O)Nc4cc(F)c(F)c(F)c4)ccc2Cl)C3)[nH]1. The molecular weight excluding hydrogens is 567 g/mol. The van der Waals surface area contributed by atoms with Crippen molar-refractivity contribution in [3.8, 4) is 0 Å². The Kier molecular flexibility index (Phi) is 7.73. The smallest absolute Gasteiger partial charge is 0.255 e. The van der Waals surface area contributed by atoms with E-state index in [1.165, 1.54) is 37.9 Å². The summed E-state index contributed by atoms with van der Waals surface area (Å²) in [5, 5.41) is 35.3. The molecule has 2 bridgehead atoms. The lowest BCUT2D eigenvalue weighted by Crippen LogP contribution is -2.44. The molecule has 2 aromatic carbocycles. The van der Waals surface area contributed by atoms with Crippen LogP contribution in [0, 0.1) is 29.3 Å². The van der Waals surface area contributed by atoms with Crippen molar-refractivity contribution in [1.82, 2.24) is 9.97 Å². The summed E-state index contributed by atoms with van der Waals surface area (Å²) in [5.74, 6) is -4.89. The van der Waals surface area contributed by atoms with Gasteiger partial charge in [-0.1, -0.05) is 11.6 Å². The molecule has 12 heteroatoms. The molecule has 2 aliphatic carbocycles. The van der Waals surface area contributed by atoms with Gasteiger partial charge >= 0.3 is 0 Å². The van der Waals surface area contributed by atoms with E-state index in [0.717, 1.165) is 12.8 Å². The first-order valence-electron chi connectivity index (χ1n) is 12.9. The third-order valence-corrected chi connectivity index (χ3v) is 9.62. The van der Waals surface area contributed by atoms with Gasteiger partial charge < -0.3 is 25.6 Å². The number of aliphatic hydroxyl groups excluding tert-OH is 1. The van der Waals surface area contributed by atoms with Gasteiger partial charge in [0, 0.05) is 33.5 Å². The molecule has 7 nitrogen and oxygen atoms in total. The van der Waals surface area contributed by atoms with Crippen LogP contribution in [0.3, 0.4) is 0 Å². The summed E-state index contributed by atoms with van der Waals surface area (Å²) >= 11 is 7.94. The number of carbonyl (C=O) groups excluding carboxylic acids is 1. The maximum Gasteiger partial charge on any atom is 0.255 e. The van der Waals surface area contributed by atoms with Gasteiger partial charge in [-0.25, -0.2) is 18.2 Å². The highest BCUT2D eigenvalue weighted by Gasteiger charge is 2.56. The highest BCUT2D eigenvalue weighted by Crippen LogP contribution is 2.57. The third kappa shape index (κ3) is 5.37. The molecule has 0 aliphatic heterocycles. The van der Waals surface area contributed by atoms with Crippen LogP contribution in [0.2, 0.25) is 5.02 Å². The van der Waals surface area contributed by atoms with Gasteiger partial charge in [0.05, 0.1) is 22.5 Å². The predicted molar refractivity (Wildman–Crippen MR) is 145 cm³/mol. The lowest BCUT2D eigenvalue weighted by molar-refractivity contribution is -0.0722. The number of aromatic amines is 1. The van der Waals surface area contributed by atoms with Gasteiger partial charge in [0.2, 0.25) is 0 Å². The standard InChI is InChI=1S/C28H29ClF3N3O4S/c1-27(2,38)24(36)21-12-33-26(35-21)28(39)14-4-5-15(28)9-17(8-14)40-22-7-13(3-6-18(22)29)25(37)34-16-10-19(30)23(32)20(31)11-16/h3,6-7,10-12,14-15,17,24,36,38-39H,4-5,8-9H2,1-2H3,(H,33,35)(H,34,37)/t14-,15?,17-,24?,28-/m0/s1. The van der Waals surface area contributed by atoms with Gasteiger partial charge in [-0.05, 0) is 69.6 Å². The van der Waals surface area contributed by atoms with Crippen LogP contribution in [0.25, 0.3) is 0 Å². The number of hydrogen-bond donors (Lipinski definition) is 5. The van der Waals surface area contributed by atoms with E-state index in [9.17, 15) is 33.3 Å². The number of thioether (sulfide) groups is 1. The quantitative estimate of drug-likeness (QED) is 0.224. The average molecular weight is 596 g/mol. The first kappa shape index (κ1) is 28.9. The van der Waals surface area contributed by atoms with Gasteiger partial charge in [-0.15, -0.1) is 11.8 Å². The van der Waals surface area contributed by atoms with Crippen molar-refractivity contribution in [2.75, 3.05) is 5.32 Å². The topological polar surface area (TPSA) is 118 Å². The molecule has 1 amide bonds. The van der Waals surface area contributed by atoms with Crippen molar-refractivity contribution in [3.63, 3.8) is 0 Å². The van der Waals surface area contributed by atoms with Crippen molar-refractivity contribution in [2.45, 2.75) is 67.0 Å². The van der Waals surface area contributed by atoms with E-state index in [2.05, 4.69) is 15.3 Å². The average Bonchev–Trinajstić information content (AvgIpc) is 3.42. The number of halogens is 4. The molecule has 40 heavy (non-hydrogen) atoms. The molecule has 2 fully saturated rings. The van der Waals surface area contributed by atoms with Crippen LogP contribution in [0.1, 0.15) is 67.5 Å². The van der Waals surface area contributed by atoms with Crippen LogP contribution in [0.4, 0.5) is 18.9 Å². The van der Waals surface area contributed by atoms with Crippen LogP contribution >= 0.6 is 23.4 Å². The number of aliphatic hydroxyl groups is 3. The summed E-state index contributed by atoms with van der Waals surface area (Å²) in [6.45, 7) is 2.98. The summed E-state index contributed by atoms with van der Waals surface area (Å²) in [6.07, 6.45) is 3.16. The van der Waals surface area contributed by atoms with E-state index in [1.54, 1.807) is 12.1 Å². The summed E-state index contributed by atoms with van der Waals surface area (Å²) in [5.41, 5.74) is -2.25. The minimum Gasteiger partial charge on any atom is -0.387 e. The molecule has 0 saturated heterocycles. The number of H-pyrrole nitrogens is 1. The maximum atomic E-state index is 13.6. The number of nitrogens with one attached hydrogen (secondary N) is 2. The minimum absolute atomic E-state index is 0.0882. The molecule has 3 aromatic rings. The number of benzene rings is 2. The normalized spacial score (nSPS) is 25.2. The van der Waals surface area contributed by atoms with Gasteiger partial charge in [-0.2, -0.15) is 0 Å². The zero-order valence-electron chi connectivity index (χ0n) is 21.7. The lowest BCUT2D eigenvalue weighted by Gasteiger charge is -2.41. The number of nitrogens with zero attached hydrogens (tertiary/aromatic N) is 1. The summed E-state index contributed by atoms with van der Waals surface area (Å²) in [6, 6.07) is 6.05. The molecule has 5 N–H and O–H groups in total. The Hall–Kier alpha value is -2.57.